The molecule has 3 heteroatoms. The first-order valence-electron chi connectivity index (χ1n) is 6.96. The number of isocyanates is 1. The van der Waals surface area contributed by atoms with E-state index in [2.05, 4.69) is 34.2 Å². The van der Waals surface area contributed by atoms with Crippen LogP contribution in [-0.4, -0.2) is 6.08 Å². The lowest BCUT2D eigenvalue weighted by molar-refractivity contribution is 0.565. The van der Waals surface area contributed by atoms with E-state index in [9.17, 15) is 4.79 Å². The van der Waals surface area contributed by atoms with Gasteiger partial charge >= 0.3 is 0 Å². The van der Waals surface area contributed by atoms with Crippen LogP contribution in [0.25, 0.3) is 0 Å². The van der Waals surface area contributed by atoms with Crippen LogP contribution in [0.1, 0.15) is 0 Å². The normalized spacial score (nSPS) is 9.82. The molecule has 0 saturated heterocycles. The molecule has 0 aliphatic rings. The maximum absolute atomic E-state index is 10.3. The molecule has 0 amide bonds. The van der Waals surface area contributed by atoms with Gasteiger partial charge in [-0.25, -0.2) is 4.79 Å². The zero-order valence-corrected chi connectivity index (χ0v) is 11.9. The molecule has 0 radical (unpaired) electrons. The molecular formula is C19H14N2O. The predicted octanol–water partition coefficient (Wildman–Crippen LogP) is 5.12. The van der Waals surface area contributed by atoms with Gasteiger partial charge in [-0.2, -0.15) is 4.99 Å². The molecule has 22 heavy (non-hydrogen) atoms. The topological polar surface area (TPSA) is 32.7 Å². The monoisotopic (exact) mass is 286 g/mol. The van der Waals surface area contributed by atoms with Gasteiger partial charge in [-0.1, -0.05) is 36.4 Å². The van der Waals surface area contributed by atoms with E-state index in [-0.39, 0.29) is 0 Å². The summed E-state index contributed by atoms with van der Waals surface area (Å²) in [5.41, 5.74) is 3.74. The van der Waals surface area contributed by atoms with Crippen LogP contribution < -0.4 is 4.90 Å². The molecule has 0 saturated carbocycles. The van der Waals surface area contributed by atoms with Crippen LogP contribution in [0, 0.1) is 0 Å². The maximum Gasteiger partial charge on any atom is 0.240 e. The average Bonchev–Trinajstić information content (AvgIpc) is 2.59. The number of hydrogen-bond donors (Lipinski definition) is 0. The summed E-state index contributed by atoms with van der Waals surface area (Å²) in [5, 5.41) is 0. The van der Waals surface area contributed by atoms with Crippen LogP contribution in [-0.2, 0) is 4.79 Å². The van der Waals surface area contributed by atoms with Gasteiger partial charge in [0.15, 0.2) is 0 Å². The van der Waals surface area contributed by atoms with Crippen molar-refractivity contribution in [3.05, 3.63) is 84.9 Å². The van der Waals surface area contributed by atoms with Crippen molar-refractivity contribution in [3.63, 3.8) is 0 Å². The van der Waals surface area contributed by atoms with Crippen molar-refractivity contribution >= 4 is 28.8 Å². The minimum Gasteiger partial charge on any atom is -0.311 e. The molecule has 0 aromatic heterocycles. The summed E-state index contributed by atoms with van der Waals surface area (Å²) < 4.78 is 0. The van der Waals surface area contributed by atoms with Crippen molar-refractivity contribution in [2.24, 2.45) is 4.99 Å². The predicted molar refractivity (Wildman–Crippen MR) is 88.9 cm³/mol. The van der Waals surface area contributed by atoms with Crippen LogP contribution in [0.2, 0.25) is 0 Å². The van der Waals surface area contributed by atoms with Gasteiger partial charge in [0.25, 0.3) is 0 Å². The van der Waals surface area contributed by atoms with Crippen molar-refractivity contribution in [2.75, 3.05) is 4.90 Å². The molecule has 3 rings (SSSR count). The minimum atomic E-state index is 0.597. The first-order chi connectivity index (χ1) is 10.9. The SMILES string of the molecule is O=C=Nc1ccc(N(c2ccccc2)c2ccccc2)cc1. The van der Waals surface area contributed by atoms with E-state index in [0.717, 1.165) is 17.1 Å². The number of carbonyl (C=O) groups excluding carboxylic acids is 1. The highest BCUT2D eigenvalue weighted by Crippen LogP contribution is 2.34. The summed E-state index contributed by atoms with van der Waals surface area (Å²) in [7, 11) is 0. The second-order valence-corrected chi connectivity index (χ2v) is 4.73. The summed E-state index contributed by atoms with van der Waals surface area (Å²) in [6.07, 6.45) is 1.56. The number of rotatable bonds is 4. The number of hydrogen-bond acceptors (Lipinski definition) is 3. The van der Waals surface area contributed by atoms with Crippen LogP contribution in [0.4, 0.5) is 22.7 Å². The molecule has 3 aromatic carbocycles. The second-order valence-electron chi connectivity index (χ2n) is 4.73. The Bertz CT molecular complexity index is 737. The van der Waals surface area contributed by atoms with Crippen LogP contribution in [0.5, 0.6) is 0 Å². The number of para-hydroxylation sites is 2. The minimum absolute atomic E-state index is 0.597. The van der Waals surface area contributed by atoms with E-state index in [1.807, 2.05) is 48.5 Å². The lowest BCUT2D eigenvalue weighted by Crippen LogP contribution is -2.09. The number of benzene rings is 3. The quantitative estimate of drug-likeness (QED) is 0.492. The average molecular weight is 286 g/mol. The highest BCUT2D eigenvalue weighted by molar-refractivity contribution is 5.77. The van der Waals surface area contributed by atoms with Gasteiger partial charge in [0, 0.05) is 17.1 Å². The third kappa shape index (κ3) is 2.95. The van der Waals surface area contributed by atoms with Crippen molar-refractivity contribution < 1.29 is 4.79 Å². The van der Waals surface area contributed by atoms with Gasteiger partial charge in [-0.3, -0.25) is 0 Å². The van der Waals surface area contributed by atoms with Gasteiger partial charge < -0.3 is 4.90 Å². The van der Waals surface area contributed by atoms with Crippen molar-refractivity contribution in [3.8, 4) is 0 Å². The molecule has 0 aliphatic heterocycles. The molecule has 0 atom stereocenters. The molecule has 0 bridgehead atoms. The molecule has 3 aromatic rings. The molecule has 106 valence electrons. The Hall–Kier alpha value is -3.16. The lowest BCUT2D eigenvalue weighted by Gasteiger charge is -2.25. The third-order valence-electron chi connectivity index (χ3n) is 3.31. The molecular weight excluding hydrogens is 272 g/mol. The second kappa shape index (κ2) is 6.53. The van der Waals surface area contributed by atoms with E-state index in [1.165, 1.54) is 0 Å². The Morgan fingerprint density at radius 3 is 1.55 bits per heavy atom. The van der Waals surface area contributed by atoms with Gasteiger partial charge in [0.2, 0.25) is 6.08 Å². The fraction of sp³-hybridized carbons (Fsp3) is 0. The van der Waals surface area contributed by atoms with E-state index >= 15 is 0 Å². The number of nitrogens with zero attached hydrogens (tertiary/aromatic N) is 2. The molecule has 0 unspecified atom stereocenters. The summed E-state index contributed by atoms with van der Waals surface area (Å²) in [6, 6.07) is 27.8. The van der Waals surface area contributed by atoms with Gasteiger partial charge in [0.1, 0.15) is 0 Å². The van der Waals surface area contributed by atoms with Gasteiger partial charge in [-0.15, -0.1) is 0 Å². The standard InChI is InChI=1S/C19H14N2O/c22-15-20-16-11-13-19(14-12-16)21(17-7-3-1-4-8-17)18-9-5-2-6-10-18/h1-14H. The smallest absolute Gasteiger partial charge is 0.240 e. The summed E-state index contributed by atoms with van der Waals surface area (Å²) in [5.74, 6) is 0. The van der Waals surface area contributed by atoms with E-state index < -0.39 is 0 Å². The van der Waals surface area contributed by atoms with Crippen molar-refractivity contribution in [2.45, 2.75) is 0 Å². The van der Waals surface area contributed by atoms with Crippen LogP contribution >= 0.6 is 0 Å². The van der Waals surface area contributed by atoms with E-state index in [4.69, 9.17) is 0 Å². The molecule has 0 heterocycles. The molecule has 0 aliphatic carbocycles. The van der Waals surface area contributed by atoms with Gasteiger partial charge in [0.05, 0.1) is 5.69 Å². The molecule has 0 N–H and O–H groups in total. The third-order valence-corrected chi connectivity index (χ3v) is 3.31. The Morgan fingerprint density at radius 1 is 0.636 bits per heavy atom. The first kappa shape index (κ1) is 13.8. The highest BCUT2D eigenvalue weighted by atomic mass is 16.1. The first-order valence-corrected chi connectivity index (χ1v) is 6.96. The fourth-order valence-corrected chi connectivity index (χ4v) is 2.33. The Labute approximate surface area is 129 Å². The van der Waals surface area contributed by atoms with Crippen molar-refractivity contribution in [1.82, 2.24) is 0 Å². The molecule has 0 fully saturated rings. The number of anilines is 3. The Morgan fingerprint density at radius 2 is 1.09 bits per heavy atom. The van der Waals surface area contributed by atoms with Crippen molar-refractivity contribution in [1.29, 1.82) is 0 Å². The molecule has 0 spiro atoms. The van der Waals surface area contributed by atoms with E-state index in [1.54, 1.807) is 18.2 Å². The summed E-state index contributed by atoms with van der Waals surface area (Å²) >= 11 is 0. The number of aliphatic imine (C=N–C) groups is 1. The highest BCUT2D eigenvalue weighted by Gasteiger charge is 2.11. The Kier molecular flexibility index (Phi) is 4.10. The lowest BCUT2D eigenvalue weighted by atomic mass is 10.2. The fourth-order valence-electron chi connectivity index (χ4n) is 2.33. The maximum atomic E-state index is 10.3. The zero-order valence-electron chi connectivity index (χ0n) is 11.9. The van der Waals surface area contributed by atoms with Gasteiger partial charge in [-0.05, 0) is 48.5 Å². The van der Waals surface area contributed by atoms with E-state index in [0.29, 0.717) is 5.69 Å². The molecule has 3 nitrogen and oxygen atoms in total. The van der Waals surface area contributed by atoms with Crippen LogP contribution in [0.3, 0.4) is 0 Å². The largest absolute Gasteiger partial charge is 0.311 e. The summed E-state index contributed by atoms with van der Waals surface area (Å²) in [4.78, 5) is 16.1. The Balaban J connectivity index is 2.07. The zero-order chi connectivity index (χ0) is 15.2. The summed E-state index contributed by atoms with van der Waals surface area (Å²) in [6.45, 7) is 0. The van der Waals surface area contributed by atoms with Crippen LogP contribution in [0.15, 0.2) is 89.9 Å².